The second-order valence-electron chi connectivity index (χ2n) is 5.62. The molecule has 1 aliphatic rings. The molecule has 1 aliphatic heterocycles. The largest absolute Gasteiger partial charge is 0.482 e. The van der Waals surface area contributed by atoms with Crippen LogP contribution in [0.25, 0.3) is 0 Å². The van der Waals surface area contributed by atoms with Crippen LogP contribution in [0, 0.1) is 0 Å². The number of carbonyl (C=O) groups excluding carboxylic acids is 1. The van der Waals surface area contributed by atoms with Gasteiger partial charge in [0.2, 0.25) is 6.10 Å². The number of para-hydroxylation sites is 2. The van der Waals surface area contributed by atoms with Crippen LogP contribution in [-0.4, -0.2) is 29.8 Å². The zero-order chi connectivity index (χ0) is 17.1. The standard InChI is InChI=1S/C18H18ClNO4/c1-11-17(24-16-8-3-2-7-15(16)23-11)18(22)20-10-14(21)12-5-4-6-13(19)9-12/h2-9,11,14,17,21H,10H2,1H3,(H,20,22)/t11-,14+,17-/m0/s1. The molecule has 2 N–H and O–H groups in total. The lowest BCUT2D eigenvalue weighted by atomic mass is 10.1. The highest BCUT2D eigenvalue weighted by molar-refractivity contribution is 6.30. The second kappa shape index (κ2) is 7.11. The number of hydrogen-bond donors (Lipinski definition) is 2. The van der Waals surface area contributed by atoms with Crippen LogP contribution in [0.5, 0.6) is 11.5 Å². The predicted molar refractivity (Wildman–Crippen MR) is 90.4 cm³/mol. The number of halogens is 1. The van der Waals surface area contributed by atoms with Gasteiger partial charge in [0.15, 0.2) is 11.5 Å². The van der Waals surface area contributed by atoms with Crippen molar-refractivity contribution >= 4 is 17.5 Å². The van der Waals surface area contributed by atoms with E-state index in [0.717, 1.165) is 0 Å². The first-order valence-electron chi connectivity index (χ1n) is 7.68. The van der Waals surface area contributed by atoms with E-state index in [1.54, 1.807) is 43.3 Å². The maximum absolute atomic E-state index is 12.4. The second-order valence-corrected chi connectivity index (χ2v) is 6.06. The molecular weight excluding hydrogens is 330 g/mol. The molecule has 1 heterocycles. The summed E-state index contributed by atoms with van der Waals surface area (Å²) in [5.41, 5.74) is 0.641. The number of rotatable bonds is 4. The molecule has 0 saturated heterocycles. The van der Waals surface area contributed by atoms with E-state index in [9.17, 15) is 9.90 Å². The number of aliphatic hydroxyl groups excluding tert-OH is 1. The lowest BCUT2D eigenvalue weighted by molar-refractivity contribution is -0.133. The third kappa shape index (κ3) is 3.63. The Morgan fingerprint density at radius 1 is 1.21 bits per heavy atom. The molecule has 0 aliphatic carbocycles. The number of nitrogens with one attached hydrogen (secondary N) is 1. The molecule has 2 aromatic carbocycles. The smallest absolute Gasteiger partial charge is 0.265 e. The molecular formula is C18H18ClNO4. The van der Waals surface area contributed by atoms with Gasteiger partial charge in [-0.3, -0.25) is 4.79 Å². The summed E-state index contributed by atoms with van der Waals surface area (Å²) in [6, 6.07) is 14.1. The van der Waals surface area contributed by atoms with Gasteiger partial charge < -0.3 is 19.9 Å². The minimum Gasteiger partial charge on any atom is -0.482 e. The number of fused-ring (bicyclic) bond motifs is 1. The van der Waals surface area contributed by atoms with E-state index >= 15 is 0 Å². The van der Waals surface area contributed by atoms with Crippen molar-refractivity contribution in [3.63, 3.8) is 0 Å². The van der Waals surface area contributed by atoms with Crippen LogP contribution in [0.15, 0.2) is 48.5 Å². The first-order valence-corrected chi connectivity index (χ1v) is 8.06. The highest BCUT2D eigenvalue weighted by Gasteiger charge is 2.34. The molecule has 0 unspecified atom stereocenters. The number of carbonyl (C=O) groups is 1. The van der Waals surface area contributed by atoms with Crippen LogP contribution in [0.2, 0.25) is 5.02 Å². The highest BCUT2D eigenvalue weighted by Crippen LogP contribution is 2.33. The molecule has 5 nitrogen and oxygen atoms in total. The Balaban J connectivity index is 1.61. The molecule has 0 fully saturated rings. The van der Waals surface area contributed by atoms with E-state index in [4.69, 9.17) is 21.1 Å². The summed E-state index contributed by atoms with van der Waals surface area (Å²) in [5, 5.41) is 13.4. The van der Waals surface area contributed by atoms with Crippen molar-refractivity contribution in [2.75, 3.05) is 6.54 Å². The monoisotopic (exact) mass is 347 g/mol. The zero-order valence-electron chi connectivity index (χ0n) is 13.1. The first-order chi connectivity index (χ1) is 11.5. The summed E-state index contributed by atoms with van der Waals surface area (Å²) in [6.07, 6.45) is -2.05. The van der Waals surface area contributed by atoms with Crippen LogP contribution in [0.3, 0.4) is 0 Å². The van der Waals surface area contributed by atoms with Crippen molar-refractivity contribution in [3.8, 4) is 11.5 Å². The van der Waals surface area contributed by atoms with Gasteiger partial charge in [0, 0.05) is 11.6 Å². The molecule has 0 aromatic heterocycles. The van der Waals surface area contributed by atoms with Crippen molar-refractivity contribution in [1.82, 2.24) is 5.32 Å². The van der Waals surface area contributed by atoms with Crippen molar-refractivity contribution in [1.29, 1.82) is 0 Å². The molecule has 0 bridgehead atoms. The average Bonchev–Trinajstić information content (AvgIpc) is 2.58. The van der Waals surface area contributed by atoms with Crippen LogP contribution in [0.1, 0.15) is 18.6 Å². The summed E-state index contributed by atoms with van der Waals surface area (Å²) in [4.78, 5) is 12.4. The normalized spacial score (nSPS) is 20.3. The molecule has 2 aromatic rings. The Kier molecular flexibility index (Phi) is 4.92. The van der Waals surface area contributed by atoms with Gasteiger partial charge in [0.25, 0.3) is 5.91 Å². The zero-order valence-corrected chi connectivity index (χ0v) is 13.9. The lowest BCUT2D eigenvalue weighted by Gasteiger charge is -2.31. The topological polar surface area (TPSA) is 67.8 Å². The van der Waals surface area contributed by atoms with Gasteiger partial charge in [-0.05, 0) is 36.8 Å². The fraction of sp³-hybridized carbons (Fsp3) is 0.278. The molecule has 24 heavy (non-hydrogen) atoms. The summed E-state index contributed by atoms with van der Waals surface area (Å²) in [7, 11) is 0. The van der Waals surface area contributed by atoms with E-state index in [2.05, 4.69) is 5.32 Å². The maximum Gasteiger partial charge on any atom is 0.265 e. The number of benzene rings is 2. The van der Waals surface area contributed by atoms with Gasteiger partial charge in [-0.25, -0.2) is 0 Å². The van der Waals surface area contributed by atoms with Gasteiger partial charge in [-0.1, -0.05) is 35.9 Å². The predicted octanol–water partition coefficient (Wildman–Crippen LogP) is 2.72. The summed E-state index contributed by atoms with van der Waals surface area (Å²) in [5.74, 6) is 0.817. The van der Waals surface area contributed by atoms with Crippen LogP contribution >= 0.6 is 11.6 Å². The first kappa shape index (κ1) is 16.6. The van der Waals surface area contributed by atoms with Crippen LogP contribution in [-0.2, 0) is 4.79 Å². The van der Waals surface area contributed by atoms with Gasteiger partial charge >= 0.3 is 0 Å². The van der Waals surface area contributed by atoms with E-state index < -0.39 is 18.3 Å². The van der Waals surface area contributed by atoms with E-state index in [1.807, 2.05) is 12.1 Å². The molecule has 0 spiro atoms. The van der Waals surface area contributed by atoms with Gasteiger partial charge in [-0.2, -0.15) is 0 Å². The Bertz CT molecular complexity index is 736. The summed E-state index contributed by atoms with van der Waals surface area (Å²) in [6.45, 7) is 1.83. The third-order valence-corrected chi connectivity index (χ3v) is 4.04. The molecule has 0 saturated carbocycles. The molecule has 6 heteroatoms. The maximum atomic E-state index is 12.4. The Morgan fingerprint density at radius 3 is 2.62 bits per heavy atom. The minimum absolute atomic E-state index is 0.0629. The summed E-state index contributed by atoms with van der Waals surface area (Å²) < 4.78 is 11.4. The highest BCUT2D eigenvalue weighted by atomic mass is 35.5. The fourth-order valence-electron chi connectivity index (χ4n) is 2.54. The number of amides is 1. The quantitative estimate of drug-likeness (QED) is 0.892. The van der Waals surface area contributed by atoms with Crippen molar-refractivity contribution < 1.29 is 19.4 Å². The van der Waals surface area contributed by atoms with E-state index in [-0.39, 0.29) is 12.5 Å². The SMILES string of the molecule is C[C@@H]1Oc2ccccc2O[C@@H]1C(=O)NC[C@@H](O)c1cccc(Cl)c1. The van der Waals surface area contributed by atoms with Crippen molar-refractivity contribution in [2.24, 2.45) is 0 Å². The molecule has 0 radical (unpaired) electrons. The average molecular weight is 348 g/mol. The van der Waals surface area contributed by atoms with Gasteiger partial charge in [-0.15, -0.1) is 0 Å². The number of ether oxygens (including phenoxy) is 2. The number of aliphatic hydroxyl groups is 1. The fourth-order valence-corrected chi connectivity index (χ4v) is 2.73. The van der Waals surface area contributed by atoms with Crippen molar-refractivity contribution in [2.45, 2.75) is 25.2 Å². The Morgan fingerprint density at radius 2 is 1.92 bits per heavy atom. The summed E-state index contributed by atoms with van der Waals surface area (Å²) >= 11 is 5.91. The molecule has 3 atom stereocenters. The van der Waals surface area contributed by atoms with Crippen molar-refractivity contribution in [3.05, 3.63) is 59.1 Å². The minimum atomic E-state index is -0.847. The Labute approximate surface area is 145 Å². The molecule has 1 amide bonds. The molecule has 3 rings (SSSR count). The van der Waals surface area contributed by atoms with Crippen LogP contribution < -0.4 is 14.8 Å². The van der Waals surface area contributed by atoms with E-state index in [1.165, 1.54) is 0 Å². The number of hydrogen-bond acceptors (Lipinski definition) is 4. The lowest BCUT2D eigenvalue weighted by Crippen LogP contribution is -2.49. The third-order valence-electron chi connectivity index (χ3n) is 3.80. The van der Waals surface area contributed by atoms with Crippen LogP contribution in [0.4, 0.5) is 0 Å². The molecule has 126 valence electrons. The van der Waals surface area contributed by atoms with E-state index in [0.29, 0.717) is 22.1 Å². The Hall–Kier alpha value is -2.24. The van der Waals surface area contributed by atoms with Gasteiger partial charge in [0.05, 0.1) is 6.10 Å². The van der Waals surface area contributed by atoms with Gasteiger partial charge in [0.1, 0.15) is 6.10 Å².